The smallest absolute Gasteiger partial charge is 0.338 e. The van der Waals surface area contributed by atoms with E-state index in [4.69, 9.17) is 4.74 Å². The van der Waals surface area contributed by atoms with Crippen LogP contribution in [0.15, 0.2) is 36.5 Å². The lowest BCUT2D eigenvalue weighted by Gasteiger charge is -2.07. The number of rotatable bonds is 6. The van der Waals surface area contributed by atoms with Crippen LogP contribution in [0.1, 0.15) is 23.0 Å². The molecule has 2 heterocycles. The van der Waals surface area contributed by atoms with Gasteiger partial charge in [-0.2, -0.15) is 0 Å². The average Bonchev–Trinajstić information content (AvgIpc) is 3.04. The summed E-state index contributed by atoms with van der Waals surface area (Å²) in [6.07, 6.45) is 1.70. The van der Waals surface area contributed by atoms with Crippen LogP contribution in [0.25, 0.3) is 10.6 Å². The molecule has 0 aliphatic rings. The Bertz CT molecular complexity index is 908. The standard InChI is InChI=1S/C18H19N5O2S/c1-4-25-16(24)12-5-7-13(8-6-12)22-17-20-10-9-14(23-17)15-11(2)21-18(19-3)26-15/h5-10H,4H2,1-3H3,(H,19,21)(H,20,22,23). The minimum Gasteiger partial charge on any atom is -0.462 e. The van der Waals surface area contributed by atoms with Crippen LogP contribution in [0.5, 0.6) is 0 Å². The number of hydrogen-bond acceptors (Lipinski definition) is 8. The van der Waals surface area contributed by atoms with Crippen molar-refractivity contribution < 1.29 is 9.53 Å². The summed E-state index contributed by atoms with van der Waals surface area (Å²) < 4.78 is 4.98. The van der Waals surface area contributed by atoms with Gasteiger partial charge in [0.2, 0.25) is 5.95 Å². The van der Waals surface area contributed by atoms with Crippen molar-refractivity contribution in [1.82, 2.24) is 15.0 Å². The van der Waals surface area contributed by atoms with Crippen molar-refractivity contribution in [3.8, 4) is 10.6 Å². The van der Waals surface area contributed by atoms with E-state index < -0.39 is 0 Å². The highest BCUT2D eigenvalue weighted by Gasteiger charge is 2.12. The van der Waals surface area contributed by atoms with Crippen molar-refractivity contribution in [3.05, 3.63) is 47.8 Å². The first kappa shape index (κ1) is 17.8. The minimum atomic E-state index is -0.335. The molecule has 7 nitrogen and oxygen atoms in total. The summed E-state index contributed by atoms with van der Waals surface area (Å²) in [5.41, 5.74) is 3.02. The van der Waals surface area contributed by atoms with Crippen LogP contribution in [0.2, 0.25) is 0 Å². The van der Waals surface area contributed by atoms with Gasteiger partial charge in [-0.15, -0.1) is 0 Å². The molecule has 0 saturated heterocycles. The second-order valence-corrected chi connectivity index (χ2v) is 6.37. The van der Waals surface area contributed by atoms with Crippen molar-refractivity contribution in [2.75, 3.05) is 24.3 Å². The first-order chi connectivity index (χ1) is 12.6. The van der Waals surface area contributed by atoms with Crippen molar-refractivity contribution >= 4 is 34.1 Å². The molecule has 1 aromatic carbocycles. The Hall–Kier alpha value is -3.00. The number of anilines is 3. The van der Waals surface area contributed by atoms with E-state index in [0.717, 1.165) is 27.1 Å². The molecule has 0 bridgehead atoms. The molecule has 0 saturated carbocycles. The van der Waals surface area contributed by atoms with Crippen LogP contribution in [0.3, 0.4) is 0 Å². The summed E-state index contributed by atoms with van der Waals surface area (Å²) in [5.74, 6) is 0.142. The lowest BCUT2D eigenvalue weighted by atomic mass is 10.2. The summed E-state index contributed by atoms with van der Waals surface area (Å²) >= 11 is 1.55. The van der Waals surface area contributed by atoms with E-state index in [-0.39, 0.29) is 5.97 Å². The number of nitrogens with one attached hydrogen (secondary N) is 2. The fraction of sp³-hybridized carbons (Fsp3) is 0.222. The Balaban J connectivity index is 1.78. The van der Waals surface area contributed by atoms with Crippen LogP contribution >= 0.6 is 11.3 Å². The minimum absolute atomic E-state index is 0.335. The number of ether oxygens (including phenoxy) is 1. The normalized spacial score (nSPS) is 10.4. The molecule has 134 valence electrons. The predicted molar refractivity (Wildman–Crippen MR) is 103 cm³/mol. The van der Waals surface area contributed by atoms with Crippen molar-refractivity contribution in [1.29, 1.82) is 0 Å². The second-order valence-electron chi connectivity index (χ2n) is 5.37. The zero-order valence-corrected chi connectivity index (χ0v) is 15.6. The highest BCUT2D eigenvalue weighted by atomic mass is 32.1. The maximum Gasteiger partial charge on any atom is 0.338 e. The lowest BCUT2D eigenvalue weighted by molar-refractivity contribution is 0.0526. The van der Waals surface area contributed by atoms with Gasteiger partial charge in [0.05, 0.1) is 28.4 Å². The molecule has 26 heavy (non-hydrogen) atoms. The molecule has 2 N–H and O–H groups in total. The molecule has 0 aliphatic heterocycles. The lowest BCUT2D eigenvalue weighted by Crippen LogP contribution is -2.04. The molecule has 3 rings (SSSR count). The molecule has 3 aromatic rings. The van der Waals surface area contributed by atoms with Gasteiger partial charge in [0.1, 0.15) is 0 Å². The third kappa shape index (κ3) is 3.97. The van der Waals surface area contributed by atoms with Gasteiger partial charge in [-0.25, -0.2) is 19.7 Å². The zero-order valence-electron chi connectivity index (χ0n) is 14.7. The van der Waals surface area contributed by atoms with Crippen LogP contribution < -0.4 is 10.6 Å². The van der Waals surface area contributed by atoms with Crippen molar-refractivity contribution in [2.45, 2.75) is 13.8 Å². The van der Waals surface area contributed by atoms with Gasteiger partial charge >= 0.3 is 5.97 Å². The Morgan fingerprint density at radius 3 is 2.62 bits per heavy atom. The molecular weight excluding hydrogens is 350 g/mol. The third-order valence-corrected chi connectivity index (χ3v) is 4.75. The third-order valence-electron chi connectivity index (χ3n) is 3.55. The maximum absolute atomic E-state index is 11.7. The number of nitrogens with zero attached hydrogens (tertiary/aromatic N) is 3. The average molecular weight is 369 g/mol. The fourth-order valence-corrected chi connectivity index (χ4v) is 3.21. The van der Waals surface area contributed by atoms with E-state index in [0.29, 0.717) is 18.1 Å². The number of benzene rings is 1. The van der Waals surface area contributed by atoms with Gasteiger partial charge < -0.3 is 15.4 Å². The Morgan fingerprint density at radius 2 is 1.96 bits per heavy atom. The molecule has 0 amide bonds. The summed E-state index contributed by atoms with van der Waals surface area (Å²) in [6, 6.07) is 8.85. The van der Waals surface area contributed by atoms with Crippen molar-refractivity contribution in [2.24, 2.45) is 0 Å². The van der Waals surface area contributed by atoms with E-state index in [1.807, 2.05) is 20.0 Å². The van der Waals surface area contributed by atoms with Gasteiger partial charge in [-0.3, -0.25) is 0 Å². The molecular formula is C18H19N5O2S. The van der Waals surface area contributed by atoms with Crippen LogP contribution in [-0.4, -0.2) is 34.6 Å². The topological polar surface area (TPSA) is 89.0 Å². The molecule has 0 unspecified atom stereocenters. The SMILES string of the molecule is CCOC(=O)c1ccc(Nc2nccc(-c3sc(NC)nc3C)n2)cc1. The molecule has 2 aromatic heterocycles. The number of thiazole rings is 1. The fourth-order valence-electron chi connectivity index (χ4n) is 2.32. The van der Waals surface area contributed by atoms with Gasteiger partial charge in [0.25, 0.3) is 0 Å². The number of carbonyl (C=O) groups excluding carboxylic acids is 1. The monoisotopic (exact) mass is 369 g/mol. The first-order valence-corrected chi connectivity index (χ1v) is 8.95. The zero-order chi connectivity index (χ0) is 18.5. The first-order valence-electron chi connectivity index (χ1n) is 8.13. The van der Waals surface area contributed by atoms with Gasteiger partial charge in [-0.05, 0) is 44.2 Å². The Morgan fingerprint density at radius 1 is 1.19 bits per heavy atom. The van der Waals surface area contributed by atoms with E-state index >= 15 is 0 Å². The molecule has 8 heteroatoms. The number of carbonyl (C=O) groups is 1. The molecule has 0 fully saturated rings. The summed E-state index contributed by atoms with van der Waals surface area (Å²) in [5, 5.41) is 7.04. The maximum atomic E-state index is 11.7. The second kappa shape index (κ2) is 7.92. The largest absolute Gasteiger partial charge is 0.462 e. The van der Waals surface area contributed by atoms with Gasteiger partial charge in [0, 0.05) is 18.9 Å². The highest BCUT2D eigenvalue weighted by molar-refractivity contribution is 7.19. The Kier molecular flexibility index (Phi) is 5.43. The Labute approximate surface area is 155 Å². The summed E-state index contributed by atoms with van der Waals surface area (Å²) in [6.45, 7) is 4.09. The molecule has 0 spiro atoms. The molecule has 0 atom stereocenters. The number of esters is 1. The van der Waals surface area contributed by atoms with Gasteiger partial charge in [-0.1, -0.05) is 11.3 Å². The summed E-state index contributed by atoms with van der Waals surface area (Å²) in [7, 11) is 1.84. The van der Waals surface area contributed by atoms with E-state index in [1.54, 1.807) is 48.7 Å². The predicted octanol–water partition coefficient (Wildman–Crippen LogP) is 3.87. The quantitative estimate of drug-likeness (QED) is 0.638. The molecule has 0 radical (unpaired) electrons. The number of aromatic nitrogens is 3. The van der Waals surface area contributed by atoms with Crippen LogP contribution in [0.4, 0.5) is 16.8 Å². The van der Waals surface area contributed by atoms with E-state index in [1.165, 1.54) is 0 Å². The van der Waals surface area contributed by atoms with Crippen LogP contribution in [-0.2, 0) is 4.74 Å². The van der Waals surface area contributed by atoms with Crippen LogP contribution in [0, 0.1) is 6.92 Å². The van der Waals surface area contributed by atoms with E-state index in [9.17, 15) is 4.79 Å². The van der Waals surface area contributed by atoms with E-state index in [2.05, 4.69) is 25.6 Å². The van der Waals surface area contributed by atoms with Crippen molar-refractivity contribution in [3.63, 3.8) is 0 Å². The number of aryl methyl sites for hydroxylation is 1. The van der Waals surface area contributed by atoms with Gasteiger partial charge in [0.15, 0.2) is 5.13 Å². The molecule has 0 aliphatic carbocycles. The summed E-state index contributed by atoms with van der Waals surface area (Å²) in [4.78, 5) is 26.0. The highest BCUT2D eigenvalue weighted by Crippen LogP contribution is 2.31. The number of hydrogen-bond donors (Lipinski definition) is 2.